The summed E-state index contributed by atoms with van der Waals surface area (Å²) in [5.74, 6) is -0.749. The second-order valence-electron chi connectivity index (χ2n) is 5.02. The van der Waals surface area contributed by atoms with E-state index in [0.717, 1.165) is 0 Å². The minimum Gasteiger partial charge on any atom is -0.465 e. The molecule has 1 rings (SSSR count). The predicted octanol–water partition coefficient (Wildman–Crippen LogP) is 0.978. The zero-order valence-corrected chi connectivity index (χ0v) is 13.3. The van der Waals surface area contributed by atoms with Crippen LogP contribution in [0, 0.1) is 0 Å². The van der Waals surface area contributed by atoms with E-state index in [1.54, 1.807) is 14.0 Å². The molecule has 0 aliphatic carbocycles. The Balaban J connectivity index is 3.07. The topological polar surface area (TPSA) is 90.4 Å². The van der Waals surface area contributed by atoms with Crippen molar-refractivity contribution in [2.24, 2.45) is 7.05 Å². The number of carbonyl (C=O) groups excluding carboxylic acids is 2. The molecule has 0 saturated carbocycles. The van der Waals surface area contributed by atoms with Crippen LogP contribution >= 0.6 is 0 Å². The van der Waals surface area contributed by atoms with Crippen molar-refractivity contribution < 1.29 is 14.3 Å². The molecule has 0 fully saturated rings. The number of aromatic nitrogens is 2. The van der Waals surface area contributed by atoms with E-state index in [1.165, 1.54) is 9.58 Å². The van der Waals surface area contributed by atoms with Gasteiger partial charge in [-0.25, -0.2) is 0 Å². The minimum absolute atomic E-state index is 0.101. The second-order valence-corrected chi connectivity index (χ2v) is 5.02. The molecule has 7 heteroatoms. The average Bonchev–Trinajstić information content (AvgIpc) is 2.70. The van der Waals surface area contributed by atoms with Gasteiger partial charge in [-0.2, -0.15) is 5.10 Å². The lowest BCUT2D eigenvalue weighted by atomic mass is 10.2. The molecule has 1 amide bonds. The molecule has 0 bridgehead atoms. The number of nitrogens with zero attached hydrogens (tertiary/aromatic N) is 3. The average molecular weight is 296 g/mol. The smallest absolute Gasteiger partial charge is 0.325 e. The summed E-state index contributed by atoms with van der Waals surface area (Å²) in [5, 5.41) is 4.23. The lowest BCUT2D eigenvalue weighted by Crippen LogP contribution is -2.42. The molecule has 0 saturated heterocycles. The highest BCUT2D eigenvalue weighted by molar-refractivity contribution is 5.99. The molecular formula is C14H24N4O3. The molecule has 0 aromatic carbocycles. The maximum absolute atomic E-state index is 12.7. The maximum atomic E-state index is 12.7. The van der Waals surface area contributed by atoms with Gasteiger partial charge >= 0.3 is 5.97 Å². The van der Waals surface area contributed by atoms with Crippen molar-refractivity contribution in [3.8, 4) is 0 Å². The number of hydrogen-bond acceptors (Lipinski definition) is 5. The molecule has 0 unspecified atom stereocenters. The van der Waals surface area contributed by atoms with Gasteiger partial charge in [-0.05, 0) is 27.2 Å². The van der Waals surface area contributed by atoms with Crippen LogP contribution in [0.1, 0.15) is 43.9 Å². The monoisotopic (exact) mass is 296 g/mol. The first-order valence-electron chi connectivity index (χ1n) is 7.11. The van der Waals surface area contributed by atoms with Gasteiger partial charge in [-0.3, -0.25) is 14.3 Å². The summed E-state index contributed by atoms with van der Waals surface area (Å²) in [6.07, 6.45) is 0.645. The molecule has 1 heterocycles. The zero-order valence-electron chi connectivity index (χ0n) is 13.3. The zero-order chi connectivity index (χ0) is 16.2. The van der Waals surface area contributed by atoms with Crippen LogP contribution < -0.4 is 5.73 Å². The summed E-state index contributed by atoms with van der Waals surface area (Å²) >= 11 is 0. The van der Waals surface area contributed by atoms with Crippen LogP contribution in [0.4, 0.5) is 5.69 Å². The van der Waals surface area contributed by atoms with Crippen LogP contribution in [0.2, 0.25) is 0 Å². The molecule has 0 spiro atoms. The fourth-order valence-corrected chi connectivity index (χ4v) is 2.08. The third-order valence-electron chi connectivity index (χ3n) is 3.19. The van der Waals surface area contributed by atoms with Gasteiger partial charge in [0.1, 0.15) is 12.2 Å². The van der Waals surface area contributed by atoms with Crippen LogP contribution in [-0.2, 0) is 23.0 Å². The van der Waals surface area contributed by atoms with E-state index in [4.69, 9.17) is 10.5 Å². The van der Waals surface area contributed by atoms with Crippen molar-refractivity contribution in [2.75, 3.05) is 18.9 Å². The van der Waals surface area contributed by atoms with Crippen LogP contribution in [-0.4, -0.2) is 45.8 Å². The summed E-state index contributed by atoms with van der Waals surface area (Å²) < 4.78 is 6.38. The van der Waals surface area contributed by atoms with Gasteiger partial charge in [-0.1, -0.05) is 6.92 Å². The van der Waals surface area contributed by atoms with Gasteiger partial charge in [0.15, 0.2) is 0 Å². The molecule has 21 heavy (non-hydrogen) atoms. The number of hydrogen-bond donors (Lipinski definition) is 1. The van der Waals surface area contributed by atoms with E-state index in [0.29, 0.717) is 23.5 Å². The highest BCUT2D eigenvalue weighted by Gasteiger charge is 2.27. The predicted molar refractivity (Wildman–Crippen MR) is 79.8 cm³/mol. The highest BCUT2D eigenvalue weighted by Crippen LogP contribution is 2.20. The lowest BCUT2D eigenvalue weighted by Gasteiger charge is -2.25. The van der Waals surface area contributed by atoms with Crippen LogP contribution in [0.15, 0.2) is 0 Å². The number of anilines is 1. The SMILES string of the molecule is CCOC(=O)CN(C(=O)c1c(N)c(CC)nn1C)C(C)C. The Labute approximate surface area is 125 Å². The Hall–Kier alpha value is -2.05. The van der Waals surface area contributed by atoms with E-state index in [2.05, 4.69) is 5.10 Å². The number of ether oxygens (including phenoxy) is 1. The Morgan fingerprint density at radius 1 is 1.38 bits per heavy atom. The van der Waals surface area contributed by atoms with Gasteiger partial charge in [0.05, 0.1) is 18.0 Å². The van der Waals surface area contributed by atoms with E-state index in [-0.39, 0.29) is 25.1 Å². The van der Waals surface area contributed by atoms with E-state index < -0.39 is 5.97 Å². The Bertz CT molecular complexity index is 523. The molecule has 0 aliphatic rings. The van der Waals surface area contributed by atoms with Crippen LogP contribution in [0.25, 0.3) is 0 Å². The van der Waals surface area contributed by atoms with Gasteiger partial charge < -0.3 is 15.4 Å². The van der Waals surface area contributed by atoms with Crippen LogP contribution in [0.5, 0.6) is 0 Å². The third-order valence-corrected chi connectivity index (χ3v) is 3.19. The number of nitrogens with two attached hydrogens (primary N) is 1. The van der Waals surface area contributed by atoms with Gasteiger partial charge in [-0.15, -0.1) is 0 Å². The first kappa shape index (κ1) is 17.0. The molecule has 0 atom stereocenters. The van der Waals surface area contributed by atoms with Gasteiger partial charge in [0.25, 0.3) is 5.91 Å². The molecule has 0 radical (unpaired) electrons. The normalized spacial score (nSPS) is 10.8. The number of nitrogen functional groups attached to an aromatic ring is 1. The molecule has 2 N–H and O–H groups in total. The van der Waals surface area contributed by atoms with E-state index in [1.807, 2.05) is 20.8 Å². The second kappa shape index (κ2) is 7.10. The Morgan fingerprint density at radius 2 is 2.00 bits per heavy atom. The van der Waals surface area contributed by atoms with E-state index >= 15 is 0 Å². The molecule has 1 aromatic heterocycles. The van der Waals surface area contributed by atoms with Crippen molar-refractivity contribution in [3.63, 3.8) is 0 Å². The Morgan fingerprint density at radius 3 is 2.43 bits per heavy atom. The number of esters is 1. The summed E-state index contributed by atoms with van der Waals surface area (Å²) in [4.78, 5) is 25.8. The number of amides is 1. The standard InChI is InChI=1S/C14H24N4O3/c1-6-10-12(15)13(17(5)16-10)14(20)18(9(3)4)8-11(19)21-7-2/h9H,6-8,15H2,1-5H3. The number of aryl methyl sites for hydroxylation is 2. The molecule has 0 aliphatic heterocycles. The molecule has 1 aromatic rings. The highest BCUT2D eigenvalue weighted by atomic mass is 16.5. The number of carbonyl (C=O) groups is 2. The third kappa shape index (κ3) is 3.74. The summed E-state index contributed by atoms with van der Waals surface area (Å²) in [6, 6.07) is -0.152. The molecular weight excluding hydrogens is 272 g/mol. The quantitative estimate of drug-likeness (QED) is 0.790. The maximum Gasteiger partial charge on any atom is 0.325 e. The Kier molecular flexibility index (Phi) is 5.75. The summed E-state index contributed by atoms with van der Waals surface area (Å²) in [5.41, 5.74) is 7.36. The van der Waals surface area contributed by atoms with Crippen molar-refractivity contribution in [1.82, 2.24) is 14.7 Å². The van der Waals surface area contributed by atoms with Crippen molar-refractivity contribution >= 4 is 17.6 Å². The van der Waals surface area contributed by atoms with Crippen molar-refractivity contribution in [2.45, 2.75) is 40.2 Å². The fraction of sp³-hybridized carbons (Fsp3) is 0.643. The fourth-order valence-electron chi connectivity index (χ4n) is 2.08. The first-order chi connectivity index (χ1) is 9.83. The van der Waals surface area contributed by atoms with E-state index in [9.17, 15) is 9.59 Å². The first-order valence-corrected chi connectivity index (χ1v) is 7.11. The van der Waals surface area contributed by atoms with Crippen LogP contribution in [0.3, 0.4) is 0 Å². The lowest BCUT2D eigenvalue weighted by molar-refractivity contribution is -0.144. The minimum atomic E-state index is -0.434. The molecule has 118 valence electrons. The van der Waals surface area contributed by atoms with Crippen molar-refractivity contribution in [3.05, 3.63) is 11.4 Å². The van der Waals surface area contributed by atoms with Gasteiger partial charge in [0.2, 0.25) is 0 Å². The molecule has 7 nitrogen and oxygen atoms in total. The summed E-state index contributed by atoms with van der Waals surface area (Å²) in [6.45, 7) is 7.51. The summed E-state index contributed by atoms with van der Waals surface area (Å²) in [7, 11) is 1.67. The van der Waals surface area contributed by atoms with Gasteiger partial charge in [0, 0.05) is 13.1 Å². The van der Waals surface area contributed by atoms with Crippen molar-refractivity contribution in [1.29, 1.82) is 0 Å². The largest absolute Gasteiger partial charge is 0.465 e. The number of rotatable bonds is 6.